The first kappa shape index (κ1) is 55.2. The highest BCUT2D eigenvalue weighted by molar-refractivity contribution is 5.85. The van der Waals surface area contributed by atoms with Crippen LogP contribution in [0.2, 0.25) is 0 Å². The van der Waals surface area contributed by atoms with Crippen LogP contribution in [0.15, 0.2) is 30.3 Å². The van der Waals surface area contributed by atoms with E-state index in [1.807, 2.05) is 30.3 Å². The first-order valence-corrected chi connectivity index (χ1v) is 25.1. The number of nitrogens with one attached hydrogen (secondary N) is 2. The molecule has 1 fully saturated rings. The quantitative estimate of drug-likeness (QED) is 0.0409. The highest BCUT2D eigenvalue weighted by Crippen LogP contribution is 2.26. The van der Waals surface area contributed by atoms with Crippen LogP contribution in [-0.4, -0.2) is 94.7 Å². The van der Waals surface area contributed by atoms with Crippen molar-refractivity contribution >= 4 is 18.1 Å². The number of alkyl carbamates (subject to hydrolysis) is 1. The highest BCUT2D eigenvalue weighted by Gasteiger charge is 2.49. The lowest BCUT2D eigenvalue weighted by Gasteiger charge is -2.46. The third kappa shape index (κ3) is 24.8. The van der Waals surface area contributed by atoms with E-state index in [0.717, 1.165) is 44.1 Å². The number of benzene rings is 1. The number of aliphatic hydroxyl groups excluding tert-OH is 3. The van der Waals surface area contributed by atoms with Crippen molar-refractivity contribution in [3.63, 3.8) is 0 Å². The van der Waals surface area contributed by atoms with Crippen molar-refractivity contribution in [2.75, 3.05) is 19.8 Å². The predicted molar refractivity (Wildman–Crippen MR) is 248 cm³/mol. The Morgan fingerprint density at radius 2 is 1.10 bits per heavy atom. The molecule has 5 N–H and O–H groups in total. The summed E-state index contributed by atoms with van der Waals surface area (Å²) in [5, 5.41) is 37.5. The van der Waals surface area contributed by atoms with Gasteiger partial charge in [0.2, 0.25) is 5.91 Å². The normalized spacial score (nSPS) is 19.2. The molecule has 1 heterocycles. The van der Waals surface area contributed by atoms with Crippen molar-refractivity contribution in [3.8, 4) is 0 Å². The molecule has 0 unspecified atom stereocenters. The smallest absolute Gasteiger partial charge is 0.411 e. The Morgan fingerprint density at radius 3 is 1.56 bits per heavy atom. The first-order valence-electron chi connectivity index (χ1n) is 25.1. The number of carbonyl (C=O) groups is 3. The fourth-order valence-corrected chi connectivity index (χ4v) is 8.15. The van der Waals surface area contributed by atoms with E-state index >= 15 is 0 Å². The standard InChI is InChI=1S/C50H89N3O9/c1-4-6-8-10-12-14-16-18-19-20-21-22-24-26-28-33-37-53(50(59)60-38-34-29-27-25-23-17-15-13-11-9-7-5-2)48-44(46(56)45(55)43(39-54)62-48)52-47(57)41(3)51-49(58)61-40-42-35-31-30-32-36-42/h30-32,35-36,41,43-46,48,54-56H,4-29,33-34,37-40H2,1-3H3,(H,51,58)(H,52,57)/t41-,43+,44+,45+,46+,48+/m0/s1. The second-order valence-electron chi connectivity index (χ2n) is 17.7. The van der Waals surface area contributed by atoms with Crippen LogP contribution < -0.4 is 10.6 Å². The van der Waals surface area contributed by atoms with E-state index < -0.39 is 61.3 Å². The molecule has 6 atom stereocenters. The molecule has 1 aliphatic heterocycles. The summed E-state index contributed by atoms with van der Waals surface area (Å²) in [4.78, 5) is 41.2. The number of carbonyl (C=O) groups excluding carboxylic acids is 3. The largest absolute Gasteiger partial charge is 0.449 e. The van der Waals surface area contributed by atoms with E-state index in [9.17, 15) is 29.7 Å². The average molecular weight is 876 g/mol. The molecule has 1 saturated heterocycles. The molecule has 0 aromatic heterocycles. The highest BCUT2D eigenvalue weighted by atomic mass is 16.6. The minimum absolute atomic E-state index is 0.0166. The van der Waals surface area contributed by atoms with Crippen molar-refractivity contribution in [1.82, 2.24) is 15.5 Å². The minimum atomic E-state index is -1.59. The van der Waals surface area contributed by atoms with Crippen molar-refractivity contribution in [3.05, 3.63) is 35.9 Å². The van der Waals surface area contributed by atoms with Gasteiger partial charge in [-0.15, -0.1) is 0 Å². The Balaban J connectivity index is 1.94. The zero-order valence-corrected chi connectivity index (χ0v) is 39.2. The van der Waals surface area contributed by atoms with Crippen LogP contribution in [0.25, 0.3) is 0 Å². The van der Waals surface area contributed by atoms with Crippen molar-refractivity contribution in [1.29, 1.82) is 0 Å². The lowest BCUT2D eigenvalue weighted by atomic mass is 9.95. The molecule has 62 heavy (non-hydrogen) atoms. The van der Waals surface area contributed by atoms with Crippen LogP contribution in [-0.2, 0) is 25.6 Å². The summed E-state index contributed by atoms with van der Waals surface area (Å²) in [5.41, 5.74) is 0.785. The Morgan fingerprint density at radius 1 is 0.645 bits per heavy atom. The zero-order chi connectivity index (χ0) is 45.0. The van der Waals surface area contributed by atoms with Gasteiger partial charge in [-0.1, -0.05) is 211 Å². The topological polar surface area (TPSA) is 167 Å². The molecule has 0 saturated carbocycles. The van der Waals surface area contributed by atoms with Gasteiger partial charge in [0, 0.05) is 6.54 Å². The molecule has 12 heteroatoms. The maximum absolute atomic E-state index is 13.8. The van der Waals surface area contributed by atoms with Crippen LogP contribution in [0, 0.1) is 0 Å². The van der Waals surface area contributed by atoms with Gasteiger partial charge in [-0.05, 0) is 25.3 Å². The molecule has 0 spiro atoms. The van der Waals surface area contributed by atoms with Crippen molar-refractivity contribution in [2.24, 2.45) is 0 Å². The summed E-state index contributed by atoms with van der Waals surface area (Å²) in [6.45, 7) is 5.82. The second kappa shape index (κ2) is 36.4. The number of amides is 3. The lowest BCUT2D eigenvalue weighted by Crippen LogP contribution is -2.69. The number of nitrogens with zero attached hydrogens (tertiary/aromatic N) is 1. The molecule has 0 radical (unpaired) electrons. The predicted octanol–water partition coefficient (Wildman–Crippen LogP) is 10.6. The number of hydrogen-bond acceptors (Lipinski definition) is 9. The summed E-state index contributed by atoms with van der Waals surface area (Å²) < 4.78 is 17.2. The van der Waals surface area contributed by atoms with Crippen LogP contribution in [0.1, 0.15) is 206 Å². The van der Waals surface area contributed by atoms with E-state index in [1.165, 1.54) is 140 Å². The van der Waals surface area contributed by atoms with Crippen LogP contribution in [0.5, 0.6) is 0 Å². The fraction of sp³-hybridized carbons (Fsp3) is 0.820. The van der Waals surface area contributed by atoms with E-state index in [-0.39, 0.29) is 19.8 Å². The van der Waals surface area contributed by atoms with E-state index in [1.54, 1.807) is 0 Å². The number of hydrogen-bond donors (Lipinski definition) is 5. The van der Waals surface area contributed by atoms with E-state index in [0.29, 0.717) is 12.8 Å². The summed E-state index contributed by atoms with van der Waals surface area (Å²) in [7, 11) is 0. The third-order valence-electron chi connectivity index (χ3n) is 12.2. The monoisotopic (exact) mass is 876 g/mol. The minimum Gasteiger partial charge on any atom is -0.449 e. The van der Waals surface area contributed by atoms with Gasteiger partial charge in [0.05, 0.1) is 13.2 Å². The maximum Gasteiger partial charge on any atom is 0.411 e. The number of ether oxygens (including phenoxy) is 3. The summed E-state index contributed by atoms with van der Waals surface area (Å²) in [6.07, 6.45) is 26.6. The van der Waals surface area contributed by atoms with Crippen LogP contribution in [0.4, 0.5) is 9.59 Å². The van der Waals surface area contributed by atoms with Crippen molar-refractivity contribution < 1.29 is 43.9 Å². The summed E-state index contributed by atoms with van der Waals surface area (Å²) in [6, 6.07) is 6.76. The molecule has 0 aliphatic carbocycles. The van der Waals surface area contributed by atoms with Gasteiger partial charge >= 0.3 is 12.2 Å². The molecule has 1 aliphatic rings. The Hall–Kier alpha value is -2.93. The molecular weight excluding hydrogens is 787 g/mol. The van der Waals surface area contributed by atoms with Crippen LogP contribution >= 0.6 is 0 Å². The van der Waals surface area contributed by atoms with Gasteiger partial charge in [-0.3, -0.25) is 9.69 Å². The Labute approximate surface area is 376 Å². The zero-order valence-electron chi connectivity index (χ0n) is 39.2. The van der Waals surface area contributed by atoms with E-state index in [4.69, 9.17) is 14.2 Å². The average Bonchev–Trinajstić information content (AvgIpc) is 3.27. The Kier molecular flexibility index (Phi) is 32.4. The molecular formula is C50H89N3O9. The molecule has 1 aromatic carbocycles. The van der Waals surface area contributed by atoms with Gasteiger partial charge < -0.3 is 40.2 Å². The lowest BCUT2D eigenvalue weighted by molar-refractivity contribution is -0.226. The Bertz CT molecular complexity index is 1260. The molecule has 358 valence electrons. The van der Waals surface area contributed by atoms with Gasteiger partial charge in [0.25, 0.3) is 0 Å². The van der Waals surface area contributed by atoms with Gasteiger partial charge in [-0.25, -0.2) is 9.59 Å². The molecule has 0 bridgehead atoms. The molecule has 12 nitrogen and oxygen atoms in total. The number of rotatable bonds is 37. The fourth-order valence-electron chi connectivity index (χ4n) is 8.15. The SMILES string of the molecule is CCCCCCCCCCCCCCCCCCN(C(=O)OCCCCCCCCCCCCCC)[C@@H]1O[C@H](CO)[C@@H](O)[C@H](O)[C@H]1NC(=O)[C@H](C)NC(=O)OCc1ccccc1. The van der Waals surface area contributed by atoms with Gasteiger partial charge in [0.15, 0.2) is 6.23 Å². The molecule has 3 amide bonds. The molecule has 2 rings (SSSR count). The maximum atomic E-state index is 13.8. The van der Waals surface area contributed by atoms with Gasteiger partial charge in [0.1, 0.15) is 37.0 Å². The van der Waals surface area contributed by atoms with Crippen LogP contribution in [0.3, 0.4) is 0 Å². The van der Waals surface area contributed by atoms with Crippen molar-refractivity contribution in [2.45, 2.75) is 244 Å². The second-order valence-corrected chi connectivity index (χ2v) is 17.7. The van der Waals surface area contributed by atoms with Gasteiger partial charge in [-0.2, -0.15) is 0 Å². The third-order valence-corrected chi connectivity index (χ3v) is 12.2. The van der Waals surface area contributed by atoms with E-state index in [2.05, 4.69) is 24.5 Å². The first-order chi connectivity index (χ1) is 30.2. The number of unbranched alkanes of at least 4 members (excludes halogenated alkanes) is 26. The summed E-state index contributed by atoms with van der Waals surface area (Å²) >= 11 is 0. The number of aliphatic hydroxyl groups is 3. The summed E-state index contributed by atoms with van der Waals surface area (Å²) in [5.74, 6) is -0.679. The molecule has 1 aromatic rings.